The van der Waals surface area contributed by atoms with Gasteiger partial charge in [-0.1, -0.05) is 25.1 Å². The van der Waals surface area contributed by atoms with E-state index in [1.54, 1.807) is 11.8 Å². The van der Waals surface area contributed by atoms with Gasteiger partial charge in [-0.05, 0) is 18.6 Å². The number of thioether (sulfide) groups is 1. The maximum Gasteiger partial charge on any atom is 0.0736 e. The van der Waals surface area contributed by atoms with Crippen molar-refractivity contribution in [2.45, 2.75) is 29.7 Å². The third-order valence-corrected chi connectivity index (χ3v) is 4.19. The highest BCUT2D eigenvalue weighted by Crippen LogP contribution is 2.28. The predicted octanol–water partition coefficient (Wildman–Crippen LogP) is 2.36. The molecule has 2 aromatic rings. The van der Waals surface area contributed by atoms with Crippen LogP contribution in [0.2, 0.25) is 0 Å². The molecule has 17 heavy (non-hydrogen) atoms. The molecule has 0 aliphatic rings. The standard InChI is InChI=1S/C13H18N2OS/c1-2-10(14)12(8-16)17-13-7-9-5-3-4-6-11(9)15-13/h3-7,10,12,15-16H,2,8,14H2,1H3. The Kier molecular flexibility index (Phi) is 4.10. The zero-order valence-electron chi connectivity index (χ0n) is 9.89. The van der Waals surface area contributed by atoms with Crippen molar-refractivity contribution in [2.24, 2.45) is 5.73 Å². The van der Waals surface area contributed by atoms with Crippen LogP contribution in [0.5, 0.6) is 0 Å². The highest BCUT2D eigenvalue weighted by Gasteiger charge is 2.17. The topological polar surface area (TPSA) is 62.0 Å². The summed E-state index contributed by atoms with van der Waals surface area (Å²) < 4.78 is 0. The van der Waals surface area contributed by atoms with Crippen molar-refractivity contribution in [1.29, 1.82) is 0 Å². The molecule has 0 saturated carbocycles. The Morgan fingerprint density at radius 1 is 1.41 bits per heavy atom. The van der Waals surface area contributed by atoms with Gasteiger partial charge in [0, 0.05) is 22.2 Å². The monoisotopic (exact) mass is 250 g/mol. The SMILES string of the molecule is CCC(N)C(CO)Sc1cc2ccccc2[nH]1. The van der Waals surface area contributed by atoms with Crippen LogP contribution in [0.4, 0.5) is 0 Å². The molecule has 1 heterocycles. The Labute approximate surface area is 105 Å². The Balaban J connectivity index is 2.16. The highest BCUT2D eigenvalue weighted by atomic mass is 32.2. The molecule has 0 spiro atoms. The van der Waals surface area contributed by atoms with Gasteiger partial charge in [0.25, 0.3) is 0 Å². The average Bonchev–Trinajstić information content (AvgIpc) is 2.77. The first-order chi connectivity index (χ1) is 8.24. The summed E-state index contributed by atoms with van der Waals surface area (Å²) in [5.41, 5.74) is 7.10. The number of para-hydroxylation sites is 1. The first-order valence-electron chi connectivity index (χ1n) is 5.85. The number of nitrogens with one attached hydrogen (secondary N) is 1. The van der Waals surface area contributed by atoms with Gasteiger partial charge < -0.3 is 15.8 Å². The molecule has 2 unspecified atom stereocenters. The summed E-state index contributed by atoms with van der Waals surface area (Å²) in [7, 11) is 0. The van der Waals surface area contributed by atoms with Gasteiger partial charge in [0.15, 0.2) is 0 Å². The molecule has 92 valence electrons. The number of rotatable bonds is 5. The summed E-state index contributed by atoms with van der Waals surface area (Å²) in [5, 5.41) is 11.7. The summed E-state index contributed by atoms with van der Waals surface area (Å²) in [6, 6.07) is 10.3. The molecule has 4 heteroatoms. The van der Waals surface area contributed by atoms with E-state index < -0.39 is 0 Å². The largest absolute Gasteiger partial charge is 0.395 e. The molecule has 4 N–H and O–H groups in total. The zero-order valence-corrected chi connectivity index (χ0v) is 10.7. The molecule has 0 radical (unpaired) electrons. The van der Waals surface area contributed by atoms with Crippen LogP contribution < -0.4 is 5.73 Å². The number of aromatic amines is 1. The van der Waals surface area contributed by atoms with Gasteiger partial charge >= 0.3 is 0 Å². The van der Waals surface area contributed by atoms with Crippen LogP contribution in [0.1, 0.15) is 13.3 Å². The van der Waals surface area contributed by atoms with Gasteiger partial charge in [0.05, 0.1) is 11.6 Å². The van der Waals surface area contributed by atoms with E-state index in [-0.39, 0.29) is 17.9 Å². The van der Waals surface area contributed by atoms with E-state index in [2.05, 4.69) is 17.1 Å². The number of H-pyrrole nitrogens is 1. The van der Waals surface area contributed by atoms with Crippen molar-refractivity contribution in [3.63, 3.8) is 0 Å². The summed E-state index contributed by atoms with van der Waals surface area (Å²) in [5.74, 6) is 0. The summed E-state index contributed by atoms with van der Waals surface area (Å²) in [6.07, 6.45) is 0.873. The van der Waals surface area contributed by atoms with Crippen LogP contribution in [0.3, 0.4) is 0 Å². The number of aliphatic hydroxyl groups excluding tert-OH is 1. The minimum absolute atomic E-state index is 0.0245. The lowest BCUT2D eigenvalue weighted by atomic mass is 10.2. The van der Waals surface area contributed by atoms with Crippen LogP contribution in [-0.4, -0.2) is 28.0 Å². The second-order valence-corrected chi connectivity index (χ2v) is 5.41. The van der Waals surface area contributed by atoms with Gasteiger partial charge in [-0.25, -0.2) is 0 Å². The van der Waals surface area contributed by atoms with E-state index in [1.807, 2.05) is 25.1 Å². The zero-order chi connectivity index (χ0) is 12.3. The molecule has 2 rings (SSSR count). The van der Waals surface area contributed by atoms with E-state index in [0.29, 0.717) is 0 Å². The van der Waals surface area contributed by atoms with E-state index >= 15 is 0 Å². The second-order valence-electron chi connectivity index (χ2n) is 4.13. The lowest BCUT2D eigenvalue weighted by Gasteiger charge is -2.19. The maximum absolute atomic E-state index is 9.35. The van der Waals surface area contributed by atoms with Crippen LogP contribution in [-0.2, 0) is 0 Å². The number of hydrogen-bond donors (Lipinski definition) is 3. The molecule has 3 nitrogen and oxygen atoms in total. The van der Waals surface area contributed by atoms with Crippen LogP contribution in [0, 0.1) is 0 Å². The lowest BCUT2D eigenvalue weighted by molar-refractivity contribution is 0.281. The maximum atomic E-state index is 9.35. The predicted molar refractivity (Wildman–Crippen MR) is 73.3 cm³/mol. The van der Waals surface area contributed by atoms with E-state index in [0.717, 1.165) is 17.0 Å². The fourth-order valence-electron chi connectivity index (χ4n) is 1.80. The van der Waals surface area contributed by atoms with Crippen LogP contribution in [0.15, 0.2) is 35.4 Å². The number of hydrogen-bond acceptors (Lipinski definition) is 3. The van der Waals surface area contributed by atoms with Crippen molar-refractivity contribution < 1.29 is 5.11 Å². The smallest absolute Gasteiger partial charge is 0.0736 e. The molecule has 0 aliphatic carbocycles. The van der Waals surface area contributed by atoms with E-state index in [4.69, 9.17) is 5.73 Å². The van der Waals surface area contributed by atoms with Crippen molar-refractivity contribution >= 4 is 22.7 Å². The highest BCUT2D eigenvalue weighted by molar-refractivity contribution is 8.00. The van der Waals surface area contributed by atoms with Crippen LogP contribution >= 0.6 is 11.8 Å². The fourth-order valence-corrected chi connectivity index (χ4v) is 2.93. The molecule has 0 amide bonds. The quantitative estimate of drug-likeness (QED) is 0.714. The Morgan fingerprint density at radius 2 is 2.18 bits per heavy atom. The average molecular weight is 250 g/mol. The Morgan fingerprint density at radius 3 is 2.82 bits per heavy atom. The van der Waals surface area contributed by atoms with Gasteiger partial charge in [-0.2, -0.15) is 0 Å². The van der Waals surface area contributed by atoms with Gasteiger partial charge in [-0.3, -0.25) is 0 Å². The number of aromatic nitrogens is 1. The number of nitrogens with two attached hydrogens (primary N) is 1. The molecule has 0 aliphatic heterocycles. The summed E-state index contributed by atoms with van der Waals surface area (Å²) in [6.45, 7) is 2.15. The Hall–Kier alpha value is -0.970. The van der Waals surface area contributed by atoms with Gasteiger partial charge in [-0.15, -0.1) is 11.8 Å². The second kappa shape index (κ2) is 5.58. The third kappa shape index (κ3) is 2.83. The summed E-state index contributed by atoms with van der Waals surface area (Å²) >= 11 is 1.62. The molecule has 1 aromatic heterocycles. The third-order valence-electron chi connectivity index (χ3n) is 2.91. The molecule has 2 atom stereocenters. The number of fused-ring (bicyclic) bond motifs is 1. The lowest BCUT2D eigenvalue weighted by Crippen LogP contribution is -2.34. The number of benzene rings is 1. The van der Waals surface area contributed by atoms with Crippen LogP contribution in [0.25, 0.3) is 10.9 Å². The van der Waals surface area contributed by atoms with E-state index in [9.17, 15) is 5.11 Å². The first-order valence-corrected chi connectivity index (χ1v) is 6.73. The van der Waals surface area contributed by atoms with Crippen molar-refractivity contribution in [3.05, 3.63) is 30.3 Å². The summed E-state index contributed by atoms with van der Waals surface area (Å²) in [4.78, 5) is 3.34. The molecule has 0 saturated heterocycles. The minimum atomic E-state index is 0.0245. The molecular formula is C13H18N2OS. The normalized spacial score (nSPS) is 15.0. The Bertz CT molecular complexity index is 450. The van der Waals surface area contributed by atoms with Gasteiger partial charge in [0.1, 0.15) is 0 Å². The first kappa shape index (κ1) is 12.5. The molecule has 0 fully saturated rings. The van der Waals surface area contributed by atoms with Crippen molar-refractivity contribution in [1.82, 2.24) is 4.98 Å². The van der Waals surface area contributed by atoms with Crippen molar-refractivity contribution in [3.8, 4) is 0 Å². The van der Waals surface area contributed by atoms with Crippen molar-refractivity contribution in [2.75, 3.05) is 6.61 Å². The molecular weight excluding hydrogens is 232 g/mol. The fraction of sp³-hybridized carbons (Fsp3) is 0.385. The molecule has 0 bridgehead atoms. The minimum Gasteiger partial charge on any atom is -0.395 e. The molecule has 1 aromatic carbocycles. The van der Waals surface area contributed by atoms with E-state index in [1.165, 1.54) is 5.39 Å². The van der Waals surface area contributed by atoms with Gasteiger partial charge in [0.2, 0.25) is 0 Å². The number of aliphatic hydroxyl groups is 1.